The monoisotopic (exact) mass is 573 g/mol. The number of oxime groups is 1. The molecule has 1 aliphatic carbocycles. The van der Waals surface area contributed by atoms with Crippen molar-refractivity contribution in [3.63, 3.8) is 0 Å². The summed E-state index contributed by atoms with van der Waals surface area (Å²) < 4.78 is 27.8. The normalized spacial score (nSPS) is 18.9. The van der Waals surface area contributed by atoms with Crippen molar-refractivity contribution in [2.24, 2.45) is 5.16 Å². The smallest absolute Gasteiger partial charge is 0.303 e. The Hall–Kier alpha value is -3.37. The molecule has 5 N–H and O–H groups in total. The van der Waals surface area contributed by atoms with Crippen molar-refractivity contribution in [1.29, 1.82) is 0 Å². The average Bonchev–Trinajstić information content (AvgIpc) is 2.90. The summed E-state index contributed by atoms with van der Waals surface area (Å²) in [7, 11) is 0. The number of hydrogen-bond donors (Lipinski definition) is 5. The van der Waals surface area contributed by atoms with Gasteiger partial charge in [0.2, 0.25) is 5.91 Å². The highest BCUT2D eigenvalue weighted by Crippen LogP contribution is 2.38. The number of hydrogen-bond acceptors (Lipinski definition) is 6. The summed E-state index contributed by atoms with van der Waals surface area (Å²) in [5.74, 6) is -3.00. The Labute approximate surface area is 239 Å². The molecule has 0 aromatic heterocycles. The maximum Gasteiger partial charge on any atom is 0.303 e. The van der Waals surface area contributed by atoms with Gasteiger partial charge in [0.15, 0.2) is 0 Å². The van der Waals surface area contributed by atoms with Gasteiger partial charge in [-0.3, -0.25) is 9.59 Å². The van der Waals surface area contributed by atoms with Crippen LogP contribution in [0.25, 0.3) is 0 Å². The van der Waals surface area contributed by atoms with E-state index in [1.807, 2.05) is 12.1 Å². The van der Waals surface area contributed by atoms with Crippen molar-refractivity contribution in [3.05, 3.63) is 70.8 Å². The van der Waals surface area contributed by atoms with Gasteiger partial charge in [-0.1, -0.05) is 50.2 Å². The quantitative estimate of drug-likeness (QED) is 0.183. The predicted octanol–water partition coefficient (Wildman–Crippen LogP) is 4.79. The number of aliphatic hydroxyl groups excluding tert-OH is 1. The molecule has 0 aliphatic heterocycles. The maximum absolute atomic E-state index is 13.9. The van der Waals surface area contributed by atoms with E-state index in [0.29, 0.717) is 31.4 Å². The number of carboxylic acid groups (broad SMARTS) is 1. The number of rotatable bonds is 12. The summed E-state index contributed by atoms with van der Waals surface area (Å²) in [5.41, 5.74) is 2.53. The van der Waals surface area contributed by atoms with Crippen molar-refractivity contribution in [1.82, 2.24) is 10.6 Å². The molecular weight excluding hydrogens is 532 g/mol. The number of carbonyl (C=O) groups excluding carboxylic acids is 1. The molecule has 0 radical (unpaired) electrons. The van der Waals surface area contributed by atoms with E-state index >= 15 is 0 Å². The highest BCUT2D eigenvalue weighted by Gasteiger charge is 2.37. The third kappa shape index (κ3) is 9.33. The van der Waals surface area contributed by atoms with E-state index in [9.17, 15) is 28.7 Å². The average molecular weight is 574 g/mol. The van der Waals surface area contributed by atoms with Crippen LogP contribution in [0.3, 0.4) is 0 Å². The lowest BCUT2D eigenvalue weighted by Gasteiger charge is -2.41. The third-order valence-corrected chi connectivity index (χ3v) is 7.74. The molecule has 1 amide bonds. The van der Waals surface area contributed by atoms with Crippen LogP contribution in [-0.4, -0.2) is 51.7 Å². The fraction of sp³-hybridized carbons (Fsp3) is 0.516. The second kappa shape index (κ2) is 14.0. The molecule has 1 aliphatic rings. The standard InChI is InChI=1S/C31H41F2N3O5/c1-30(2,3)21-6-4-7-22(17-21)31(12-10-25(36-41)11-13-31)34-19-27(37)26(35-28(38)8-5-9-29(39)40)16-20-14-23(32)18-24(33)15-20/h4,6-7,14-15,17-18,26-27,34,37,41H,5,8-13,16,19H2,1-3H3,(H,35,38)(H,39,40)/t26-,27+,31?/m0/s1. The van der Waals surface area contributed by atoms with Gasteiger partial charge in [-0.05, 0) is 72.8 Å². The lowest BCUT2D eigenvalue weighted by molar-refractivity contribution is -0.137. The van der Waals surface area contributed by atoms with Gasteiger partial charge >= 0.3 is 5.97 Å². The largest absolute Gasteiger partial charge is 0.481 e. The number of halogens is 2. The summed E-state index contributed by atoms with van der Waals surface area (Å²) in [4.78, 5) is 23.5. The highest BCUT2D eigenvalue weighted by atomic mass is 19.1. The molecule has 2 atom stereocenters. The van der Waals surface area contributed by atoms with Crippen LogP contribution >= 0.6 is 0 Å². The molecule has 0 unspecified atom stereocenters. The van der Waals surface area contributed by atoms with E-state index in [4.69, 9.17) is 5.11 Å². The highest BCUT2D eigenvalue weighted by molar-refractivity contribution is 5.85. The van der Waals surface area contributed by atoms with Crippen LogP contribution in [0.4, 0.5) is 8.78 Å². The van der Waals surface area contributed by atoms with E-state index < -0.39 is 41.2 Å². The summed E-state index contributed by atoms with van der Waals surface area (Å²) >= 11 is 0. The maximum atomic E-state index is 13.9. The summed E-state index contributed by atoms with van der Waals surface area (Å²) in [6.07, 6.45) is 1.08. The number of nitrogens with one attached hydrogen (secondary N) is 2. The second-order valence-electron chi connectivity index (χ2n) is 11.9. The van der Waals surface area contributed by atoms with Crippen LogP contribution in [0.5, 0.6) is 0 Å². The van der Waals surface area contributed by atoms with Crippen molar-refractivity contribution in [3.8, 4) is 0 Å². The van der Waals surface area contributed by atoms with E-state index in [0.717, 1.165) is 29.3 Å². The minimum atomic E-state index is -1.14. The van der Waals surface area contributed by atoms with Crippen molar-refractivity contribution >= 4 is 17.6 Å². The number of carbonyl (C=O) groups is 2. The van der Waals surface area contributed by atoms with Crippen LogP contribution in [-0.2, 0) is 27.0 Å². The predicted molar refractivity (Wildman–Crippen MR) is 152 cm³/mol. The SMILES string of the molecule is CC(C)(C)c1cccc(C2(NC[C@@H](O)[C@H](Cc3cc(F)cc(F)c3)NC(=O)CCCC(=O)O)CCC(=NO)CC2)c1. The number of amides is 1. The lowest BCUT2D eigenvalue weighted by atomic mass is 9.74. The summed E-state index contributed by atoms with van der Waals surface area (Å²) in [5, 5.41) is 39.2. The van der Waals surface area contributed by atoms with Gasteiger partial charge in [0.1, 0.15) is 11.6 Å². The van der Waals surface area contributed by atoms with Gasteiger partial charge < -0.3 is 26.1 Å². The Morgan fingerprint density at radius 2 is 1.71 bits per heavy atom. The Kier molecular flexibility index (Phi) is 11.0. The van der Waals surface area contributed by atoms with Gasteiger partial charge in [0.25, 0.3) is 0 Å². The van der Waals surface area contributed by atoms with E-state index in [1.165, 1.54) is 0 Å². The molecule has 41 heavy (non-hydrogen) atoms. The molecule has 0 bridgehead atoms. The number of aliphatic hydroxyl groups is 1. The van der Waals surface area contributed by atoms with Crippen molar-refractivity contribution < 1.29 is 33.8 Å². The zero-order valence-electron chi connectivity index (χ0n) is 23.9. The van der Waals surface area contributed by atoms with E-state index in [2.05, 4.69) is 48.7 Å². The molecule has 0 heterocycles. The fourth-order valence-electron chi connectivity index (χ4n) is 5.30. The van der Waals surface area contributed by atoms with E-state index in [-0.39, 0.29) is 43.2 Å². The number of nitrogens with zero attached hydrogens (tertiary/aromatic N) is 1. The van der Waals surface area contributed by atoms with Gasteiger partial charge in [-0.2, -0.15) is 0 Å². The van der Waals surface area contributed by atoms with Crippen LogP contribution in [0, 0.1) is 11.6 Å². The second-order valence-corrected chi connectivity index (χ2v) is 11.9. The molecule has 1 saturated carbocycles. The van der Waals surface area contributed by atoms with Gasteiger partial charge in [0, 0.05) is 31.0 Å². The molecule has 2 aromatic carbocycles. The molecule has 2 aromatic rings. The fourth-order valence-corrected chi connectivity index (χ4v) is 5.30. The van der Waals surface area contributed by atoms with Crippen LogP contribution in [0.15, 0.2) is 47.6 Å². The first-order valence-electron chi connectivity index (χ1n) is 14.0. The Morgan fingerprint density at radius 3 is 2.29 bits per heavy atom. The molecular formula is C31H41F2N3O5. The molecule has 0 spiro atoms. The molecule has 0 saturated heterocycles. The van der Waals surface area contributed by atoms with Crippen LogP contribution in [0.1, 0.15) is 82.4 Å². The Balaban J connectivity index is 1.84. The molecule has 3 rings (SSSR count). The Morgan fingerprint density at radius 1 is 1.05 bits per heavy atom. The zero-order valence-corrected chi connectivity index (χ0v) is 23.9. The third-order valence-electron chi connectivity index (χ3n) is 7.74. The first kappa shape index (κ1) is 32.1. The number of aliphatic carboxylic acids is 1. The molecule has 8 nitrogen and oxygen atoms in total. The van der Waals surface area contributed by atoms with Crippen LogP contribution < -0.4 is 10.6 Å². The first-order chi connectivity index (χ1) is 19.3. The summed E-state index contributed by atoms with van der Waals surface area (Å²) in [6.45, 7) is 6.45. The summed E-state index contributed by atoms with van der Waals surface area (Å²) in [6, 6.07) is 10.4. The van der Waals surface area contributed by atoms with Crippen molar-refractivity contribution in [2.45, 2.75) is 95.2 Å². The topological polar surface area (TPSA) is 131 Å². The van der Waals surface area contributed by atoms with Gasteiger partial charge in [-0.15, -0.1) is 0 Å². The molecule has 10 heteroatoms. The number of benzene rings is 2. The first-order valence-corrected chi connectivity index (χ1v) is 14.0. The lowest BCUT2D eigenvalue weighted by Crippen LogP contribution is -2.53. The minimum absolute atomic E-state index is 0.0317. The zero-order chi connectivity index (χ0) is 30.2. The molecule has 1 fully saturated rings. The van der Waals surface area contributed by atoms with Crippen molar-refractivity contribution in [2.75, 3.05) is 6.54 Å². The van der Waals surface area contributed by atoms with Gasteiger partial charge in [0.05, 0.1) is 17.9 Å². The van der Waals surface area contributed by atoms with E-state index in [1.54, 1.807) is 0 Å². The minimum Gasteiger partial charge on any atom is -0.481 e. The van der Waals surface area contributed by atoms with Crippen LogP contribution in [0.2, 0.25) is 0 Å². The molecule has 224 valence electrons. The number of carboxylic acids is 1. The Bertz CT molecular complexity index is 1210. The van der Waals surface area contributed by atoms with Gasteiger partial charge in [-0.25, -0.2) is 8.78 Å².